The van der Waals surface area contributed by atoms with Crippen LogP contribution in [0.1, 0.15) is 23.9 Å². The quantitative estimate of drug-likeness (QED) is 0.105. The van der Waals surface area contributed by atoms with Gasteiger partial charge in [0.05, 0.1) is 18.0 Å². The second-order valence-electron chi connectivity index (χ2n) is 7.94. The number of rotatable bonds is 9. The maximum Gasteiger partial charge on any atom is 0.253 e. The predicted molar refractivity (Wildman–Crippen MR) is 152 cm³/mol. The Balaban J connectivity index is 1.49. The fourth-order valence-corrected chi connectivity index (χ4v) is 4.92. The Kier molecular flexibility index (Phi) is 8.60. The zero-order valence-corrected chi connectivity index (χ0v) is 22.7. The number of carbonyl (C=O) groups excluding carboxylic acids is 1. The van der Waals surface area contributed by atoms with Crippen molar-refractivity contribution in [1.29, 1.82) is 0 Å². The number of carbonyl (C=O) groups is 1. The maximum absolute atomic E-state index is 12.7. The van der Waals surface area contributed by atoms with Gasteiger partial charge in [-0.15, -0.1) is 10.2 Å². The number of aromatic hydroxyl groups is 1. The van der Waals surface area contributed by atoms with Gasteiger partial charge in [0.1, 0.15) is 5.75 Å². The van der Waals surface area contributed by atoms with E-state index >= 15 is 0 Å². The molecule has 1 amide bonds. The second-order valence-corrected chi connectivity index (χ2v) is 10.5. The van der Waals surface area contributed by atoms with Gasteiger partial charge in [0.15, 0.2) is 11.0 Å². The van der Waals surface area contributed by atoms with Crippen molar-refractivity contribution >= 4 is 52.2 Å². The smallest absolute Gasteiger partial charge is 0.253 e. The third-order valence-corrected chi connectivity index (χ3v) is 7.02. The third-order valence-electron chi connectivity index (χ3n) is 5.31. The van der Waals surface area contributed by atoms with E-state index in [0.717, 1.165) is 22.8 Å². The summed E-state index contributed by atoms with van der Waals surface area (Å²) in [5.41, 5.74) is 6.13. The van der Waals surface area contributed by atoms with Crippen molar-refractivity contribution in [1.82, 2.24) is 20.2 Å². The molecule has 3 N–H and O–H groups in total. The summed E-state index contributed by atoms with van der Waals surface area (Å²) in [6.07, 6.45) is 1.41. The molecule has 0 spiro atoms. The molecule has 0 aliphatic rings. The minimum absolute atomic E-state index is 0.0930. The minimum atomic E-state index is -0.488. The number of halogens is 1. The highest BCUT2D eigenvalue weighted by Crippen LogP contribution is 2.27. The van der Waals surface area contributed by atoms with E-state index in [-0.39, 0.29) is 11.7 Å². The SMILES string of the molecule is Cc1cc(I)ccc1NCc1nnc(SC(C)C(=O)N/N=C/c2ccccc2O)n1-c1ccccc1. The minimum Gasteiger partial charge on any atom is -0.507 e. The van der Waals surface area contributed by atoms with Gasteiger partial charge in [-0.05, 0) is 84.5 Å². The van der Waals surface area contributed by atoms with Gasteiger partial charge in [-0.2, -0.15) is 5.10 Å². The molecule has 0 radical (unpaired) electrons. The molecule has 1 atom stereocenters. The van der Waals surface area contributed by atoms with Gasteiger partial charge in [-0.1, -0.05) is 42.1 Å². The first kappa shape index (κ1) is 25.7. The van der Waals surface area contributed by atoms with Crippen LogP contribution in [0.15, 0.2) is 83.1 Å². The lowest BCUT2D eigenvalue weighted by Gasteiger charge is -2.14. The molecule has 0 saturated heterocycles. The number of anilines is 1. The summed E-state index contributed by atoms with van der Waals surface area (Å²) in [6, 6.07) is 22.8. The average molecular weight is 612 g/mol. The van der Waals surface area contributed by atoms with Crippen LogP contribution in [0.4, 0.5) is 5.69 Å². The number of phenols is 1. The van der Waals surface area contributed by atoms with Crippen molar-refractivity contribution in [2.45, 2.75) is 30.8 Å². The summed E-state index contributed by atoms with van der Waals surface area (Å²) in [5, 5.41) is 26.2. The van der Waals surface area contributed by atoms with Crippen LogP contribution in [0.5, 0.6) is 5.75 Å². The lowest BCUT2D eigenvalue weighted by Crippen LogP contribution is -2.27. The van der Waals surface area contributed by atoms with Gasteiger partial charge in [0, 0.05) is 20.5 Å². The Morgan fingerprint density at radius 3 is 2.64 bits per heavy atom. The van der Waals surface area contributed by atoms with Crippen LogP contribution in [-0.4, -0.2) is 37.2 Å². The summed E-state index contributed by atoms with van der Waals surface area (Å²) in [4.78, 5) is 12.7. The maximum atomic E-state index is 12.7. The Morgan fingerprint density at radius 2 is 1.89 bits per heavy atom. The van der Waals surface area contributed by atoms with E-state index in [9.17, 15) is 9.90 Å². The van der Waals surface area contributed by atoms with E-state index < -0.39 is 5.25 Å². The lowest BCUT2D eigenvalue weighted by molar-refractivity contribution is -0.120. The number of hydrogen-bond donors (Lipinski definition) is 3. The van der Waals surface area contributed by atoms with Crippen LogP contribution in [0, 0.1) is 10.5 Å². The molecule has 184 valence electrons. The van der Waals surface area contributed by atoms with Crippen LogP contribution >= 0.6 is 34.4 Å². The second kappa shape index (κ2) is 12.0. The molecule has 1 heterocycles. The van der Waals surface area contributed by atoms with Gasteiger partial charge in [0.25, 0.3) is 5.91 Å². The van der Waals surface area contributed by atoms with Crippen molar-refractivity contribution in [3.8, 4) is 11.4 Å². The highest BCUT2D eigenvalue weighted by atomic mass is 127. The first-order chi connectivity index (χ1) is 17.4. The standard InChI is InChI=1S/C26H25IN6O2S/c1-17-14-20(27)12-13-22(17)28-16-24-30-32-26(33(24)21-9-4-3-5-10-21)36-18(2)25(35)31-29-15-19-8-6-7-11-23(19)34/h3-15,18,28,34H,16H2,1-2H3,(H,31,35)/b29-15+. The summed E-state index contributed by atoms with van der Waals surface area (Å²) in [7, 11) is 0. The molecule has 0 bridgehead atoms. The van der Waals surface area contributed by atoms with Gasteiger partial charge in [0.2, 0.25) is 0 Å². The first-order valence-corrected chi connectivity index (χ1v) is 13.2. The van der Waals surface area contributed by atoms with Crippen molar-refractivity contribution in [2.24, 2.45) is 5.10 Å². The number of amides is 1. The number of para-hydroxylation sites is 2. The number of thioether (sulfide) groups is 1. The summed E-state index contributed by atoms with van der Waals surface area (Å²) in [6.45, 7) is 4.32. The van der Waals surface area contributed by atoms with Gasteiger partial charge < -0.3 is 10.4 Å². The van der Waals surface area contributed by atoms with E-state index in [1.807, 2.05) is 34.9 Å². The molecule has 0 aliphatic heterocycles. The Morgan fingerprint density at radius 1 is 1.14 bits per heavy atom. The van der Waals surface area contributed by atoms with E-state index in [2.05, 4.69) is 73.8 Å². The van der Waals surface area contributed by atoms with Crippen molar-refractivity contribution in [3.05, 3.63) is 93.3 Å². The van der Waals surface area contributed by atoms with Crippen molar-refractivity contribution in [2.75, 3.05) is 5.32 Å². The normalized spacial score (nSPS) is 12.0. The van der Waals surface area contributed by atoms with Gasteiger partial charge in [-0.3, -0.25) is 9.36 Å². The molecule has 3 aromatic carbocycles. The number of hydrazone groups is 1. The first-order valence-electron chi connectivity index (χ1n) is 11.2. The molecule has 8 nitrogen and oxygen atoms in total. The fourth-order valence-electron chi connectivity index (χ4n) is 3.39. The lowest BCUT2D eigenvalue weighted by atomic mass is 10.2. The number of benzene rings is 3. The van der Waals surface area contributed by atoms with Crippen LogP contribution in [0.25, 0.3) is 5.69 Å². The average Bonchev–Trinajstić information content (AvgIpc) is 3.27. The van der Waals surface area contributed by atoms with Gasteiger partial charge >= 0.3 is 0 Å². The van der Waals surface area contributed by atoms with E-state index in [1.54, 1.807) is 31.2 Å². The van der Waals surface area contributed by atoms with Gasteiger partial charge in [-0.25, -0.2) is 5.43 Å². The molecule has 0 aliphatic carbocycles. The number of nitrogens with zero attached hydrogens (tertiary/aromatic N) is 4. The highest BCUT2D eigenvalue weighted by molar-refractivity contribution is 14.1. The summed E-state index contributed by atoms with van der Waals surface area (Å²) < 4.78 is 3.13. The zero-order chi connectivity index (χ0) is 25.5. The molecule has 1 aromatic heterocycles. The van der Waals surface area contributed by atoms with E-state index in [1.165, 1.54) is 21.5 Å². The van der Waals surface area contributed by atoms with E-state index in [0.29, 0.717) is 17.3 Å². The topological polar surface area (TPSA) is 104 Å². The van der Waals surface area contributed by atoms with E-state index in [4.69, 9.17) is 0 Å². The number of aryl methyl sites for hydroxylation is 1. The number of phenolic OH excluding ortho intramolecular Hbond substituents is 1. The third kappa shape index (κ3) is 6.43. The Hall–Kier alpha value is -3.38. The Bertz CT molecular complexity index is 1380. The highest BCUT2D eigenvalue weighted by Gasteiger charge is 2.21. The van der Waals surface area contributed by atoms with Crippen molar-refractivity contribution < 1.29 is 9.90 Å². The summed E-state index contributed by atoms with van der Waals surface area (Å²) >= 11 is 3.59. The van der Waals surface area contributed by atoms with Crippen molar-refractivity contribution in [3.63, 3.8) is 0 Å². The molecule has 36 heavy (non-hydrogen) atoms. The monoisotopic (exact) mass is 612 g/mol. The molecule has 4 aromatic rings. The molecule has 0 saturated carbocycles. The fraction of sp³-hybridized carbons (Fsp3) is 0.154. The largest absolute Gasteiger partial charge is 0.507 e. The molecular formula is C26H25IN6O2S. The summed E-state index contributed by atoms with van der Waals surface area (Å²) in [5.74, 6) is 0.533. The molecule has 0 fully saturated rings. The number of aromatic nitrogens is 3. The zero-order valence-electron chi connectivity index (χ0n) is 19.7. The Labute approximate surface area is 227 Å². The molecule has 4 rings (SSSR count). The number of nitrogens with one attached hydrogen (secondary N) is 2. The number of hydrogen-bond acceptors (Lipinski definition) is 7. The van der Waals surface area contributed by atoms with Crippen LogP contribution in [0.2, 0.25) is 0 Å². The molecule has 1 unspecified atom stereocenters. The molecule has 10 heteroatoms. The predicted octanol–water partition coefficient (Wildman–Crippen LogP) is 5.13. The van der Waals surface area contributed by atoms with Crippen LogP contribution < -0.4 is 10.7 Å². The molecular weight excluding hydrogens is 587 g/mol. The van der Waals surface area contributed by atoms with Crippen LogP contribution in [0.3, 0.4) is 0 Å². The van der Waals surface area contributed by atoms with Crippen LogP contribution in [-0.2, 0) is 11.3 Å².